The molecular formula is C41H28. The highest BCUT2D eigenvalue weighted by atomic mass is 14.2. The Balaban J connectivity index is 1.50. The van der Waals surface area contributed by atoms with Gasteiger partial charge in [-0.3, -0.25) is 0 Å². The number of fused-ring (bicyclic) bond motifs is 4. The number of rotatable bonds is 3. The van der Waals surface area contributed by atoms with E-state index in [1.807, 2.05) is 0 Å². The normalized spacial score (nSPS) is 11.5. The Morgan fingerprint density at radius 3 is 1.46 bits per heavy atom. The first-order chi connectivity index (χ1) is 20.2. The molecular weight excluding hydrogens is 492 g/mol. The molecule has 0 heteroatoms. The van der Waals surface area contributed by atoms with Crippen molar-refractivity contribution in [2.75, 3.05) is 0 Å². The van der Waals surface area contributed by atoms with Gasteiger partial charge >= 0.3 is 0 Å². The van der Waals surface area contributed by atoms with E-state index in [1.54, 1.807) is 0 Å². The topological polar surface area (TPSA) is 0 Å². The van der Waals surface area contributed by atoms with Crippen LogP contribution in [-0.2, 0) is 0 Å². The summed E-state index contributed by atoms with van der Waals surface area (Å²) in [6.45, 7) is 2.14. The highest BCUT2D eigenvalue weighted by Crippen LogP contribution is 2.46. The lowest BCUT2D eigenvalue weighted by Gasteiger charge is -2.20. The van der Waals surface area contributed by atoms with Gasteiger partial charge in [0.1, 0.15) is 0 Å². The van der Waals surface area contributed by atoms with E-state index in [0.29, 0.717) is 0 Å². The lowest BCUT2D eigenvalue weighted by atomic mass is 9.83. The molecule has 192 valence electrons. The van der Waals surface area contributed by atoms with Crippen LogP contribution in [-0.4, -0.2) is 0 Å². The fourth-order valence-corrected chi connectivity index (χ4v) is 6.50. The third-order valence-corrected chi connectivity index (χ3v) is 8.49. The van der Waals surface area contributed by atoms with Gasteiger partial charge in [-0.1, -0.05) is 139 Å². The van der Waals surface area contributed by atoms with Crippen molar-refractivity contribution in [3.63, 3.8) is 0 Å². The molecule has 0 radical (unpaired) electrons. The summed E-state index contributed by atoms with van der Waals surface area (Å²) in [6.07, 6.45) is 0. The van der Waals surface area contributed by atoms with Crippen LogP contribution >= 0.6 is 0 Å². The third kappa shape index (κ3) is 3.91. The molecule has 8 rings (SSSR count). The fourth-order valence-electron chi connectivity index (χ4n) is 6.50. The summed E-state index contributed by atoms with van der Waals surface area (Å²) in [5, 5.41) is 10.2. The zero-order valence-corrected chi connectivity index (χ0v) is 22.9. The van der Waals surface area contributed by atoms with Gasteiger partial charge in [-0.15, -0.1) is 0 Å². The molecule has 0 heterocycles. The van der Waals surface area contributed by atoms with Crippen LogP contribution in [0.2, 0.25) is 0 Å². The Hall–Kier alpha value is -5.20. The standard InChI is InChI=1S/C41H28/c1-27-18-20-29(21-19-27)33-25-31-12-4-5-13-34(31)39(26-33)41-37-16-8-6-14-35(37)40(36-15-7-9-17-38(36)41)32-23-22-28-10-2-3-11-30(28)24-32/h2-26H,1H3. The van der Waals surface area contributed by atoms with Crippen LogP contribution in [0, 0.1) is 6.92 Å². The summed E-state index contributed by atoms with van der Waals surface area (Å²) in [5.41, 5.74) is 8.87. The molecule has 0 aliphatic carbocycles. The third-order valence-electron chi connectivity index (χ3n) is 8.49. The minimum atomic E-state index is 1.24. The summed E-state index contributed by atoms with van der Waals surface area (Å²) in [7, 11) is 0. The van der Waals surface area contributed by atoms with Crippen molar-refractivity contribution >= 4 is 43.1 Å². The van der Waals surface area contributed by atoms with E-state index in [1.165, 1.54) is 82.0 Å². The second-order valence-corrected chi connectivity index (χ2v) is 11.0. The zero-order valence-electron chi connectivity index (χ0n) is 22.9. The molecule has 0 atom stereocenters. The van der Waals surface area contributed by atoms with Gasteiger partial charge in [0, 0.05) is 0 Å². The molecule has 0 aliphatic rings. The lowest BCUT2D eigenvalue weighted by Crippen LogP contribution is -1.92. The van der Waals surface area contributed by atoms with Gasteiger partial charge in [-0.2, -0.15) is 0 Å². The van der Waals surface area contributed by atoms with Crippen molar-refractivity contribution in [1.29, 1.82) is 0 Å². The van der Waals surface area contributed by atoms with Gasteiger partial charge in [-0.25, -0.2) is 0 Å². The van der Waals surface area contributed by atoms with Gasteiger partial charge in [-0.05, 0) is 102 Å². The van der Waals surface area contributed by atoms with E-state index < -0.39 is 0 Å². The molecule has 0 saturated carbocycles. The van der Waals surface area contributed by atoms with Gasteiger partial charge in [0.15, 0.2) is 0 Å². The molecule has 0 amide bonds. The Bertz CT molecular complexity index is 2190. The molecule has 8 aromatic carbocycles. The van der Waals surface area contributed by atoms with Crippen LogP contribution in [0.3, 0.4) is 0 Å². The summed E-state index contributed by atoms with van der Waals surface area (Å²) in [5.74, 6) is 0. The second-order valence-electron chi connectivity index (χ2n) is 11.0. The molecule has 0 aliphatic heterocycles. The maximum absolute atomic E-state index is 2.40. The molecule has 0 fully saturated rings. The van der Waals surface area contributed by atoms with E-state index in [0.717, 1.165) is 0 Å². The molecule has 0 unspecified atom stereocenters. The Labute approximate surface area is 240 Å². The first-order valence-electron chi connectivity index (χ1n) is 14.3. The molecule has 0 N–H and O–H groups in total. The molecule has 0 aromatic heterocycles. The minimum Gasteiger partial charge on any atom is -0.0616 e. The molecule has 0 bridgehead atoms. The van der Waals surface area contributed by atoms with Crippen LogP contribution in [0.15, 0.2) is 152 Å². The predicted molar refractivity (Wildman–Crippen MR) is 178 cm³/mol. The first-order valence-corrected chi connectivity index (χ1v) is 14.3. The SMILES string of the molecule is Cc1ccc(-c2cc(-c3c4ccccc4c(-c4ccc5ccccc5c4)c4ccccc34)c3ccccc3c2)cc1. The lowest BCUT2D eigenvalue weighted by molar-refractivity contribution is 1.47. The van der Waals surface area contributed by atoms with Crippen LogP contribution < -0.4 is 0 Å². The maximum Gasteiger partial charge on any atom is -0.00199 e. The Morgan fingerprint density at radius 2 is 0.805 bits per heavy atom. The van der Waals surface area contributed by atoms with Crippen LogP contribution in [0.1, 0.15) is 5.56 Å². The second kappa shape index (κ2) is 9.47. The molecule has 0 spiro atoms. The largest absolute Gasteiger partial charge is 0.0616 e. The van der Waals surface area contributed by atoms with Gasteiger partial charge in [0.05, 0.1) is 0 Å². The molecule has 8 aromatic rings. The summed E-state index contributed by atoms with van der Waals surface area (Å²) in [4.78, 5) is 0. The first kappa shape index (κ1) is 23.7. The van der Waals surface area contributed by atoms with E-state index in [9.17, 15) is 0 Å². The average molecular weight is 521 g/mol. The van der Waals surface area contributed by atoms with Crippen LogP contribution in [0.5, 0.6) is 0 Å². The molecule has 0 saturated heterocycles. The summed E-state index contributed by atoms with van der Waals surface area (Å²) in [6, 6.07) is 55.8. The fraction of sp³-hybridized carbons (Fsp3) is 0.0244. The van der Waals surface area contributed by atoms with E-state index in [2.05, 4.69) is 159 Å². The highest BCUT2D eigenvalue weighted by molar-refractivity contribution is 6.24. The number of benzene rings is 8. The maximum atomic E-state index is 2.40. The van der Waals surface area contributed by atoms with Crippen molar-refractivity contribution in [3.05, 3.63) is 157 Å². The van der Waals surface area contributed by atoms with Gasteiger partial charge < -0.3 is 0 Å². The van der Waals surface area contributed by atoms with Crippen molar-refractivity contribution in [2.24, 2.45) is 0 Å². The monoisotopic (exact) mass is 520 g/mol. The molecule has 0 nitrogen and oxygen atoms in total. The highest BCUT2D eigenvalue weighted by Gasteiger charge is 2.19. The summed E-state index contributed by atoms with van der Waals surface area (Å²) >= 11 is 0. The van der Waals surface area contributed by atoms with Crippen molar-refractivity contribution in [3.8, 4) is 33.4 Å². The van der Waals surface area contributed by atoms with Crippen molar-refractivity contribution in [2.45, 2.75) is 6.92 Å². The van der Waals surface area contributed by atoms with Crippen LogP contribution in [0.4, 0.5) is 0 Å². The summed E-state index contributed by atoms with van der Waals surface area (Å²) < 4.78 is 0. The van der Waals surface area contributed by atoms with Crippen molar-refractivity contribution < 1.29 is 0 Å². The van der Waals surface area contributed by atoms with E-state index in [-0.39, 0.29) is 0 Å². The van der Waals surface area contributed by atoms with Gasteiger partial charge in [0.25, 0.3) is 0 Å². The molecule has 41 heavy (non-hydrogen) atoms. The minimum absolute atomic E-state index is 1.24. The number of hydrogen-bond acceptors (Lipinski definition) is 0. The number of aryl methyl sites for hydroxylation is 1. The quantitative estimate of drug-likeness (QED) is 0.203. The van der Waals surface area contributed by atoms with E-state index in [4.69, 9.17) is 0 Å². The Kier molecular flexibility index (Phi) is 5.47. The van der Waals surface area contributed by atoms with E-state index >= 15 is 0 Å². The van der Waals surface area contributed by atoms with Crippen molar-refractivity contribution in [1.82, 2.24) is 0 Å². The smallest absolute Gasteiger partial charge is 0.00199 e. The zero-order chi connectivity index (χ0) is 27.3. The average Bonchev–Trinajstić information content (AvgIpc) is 3.03. The predicted octanol–water partition coefficient (Wildman–Crippen LogP) is 11.6. The van der Waals surface area contributed by atoms with Gasteiger partial charge in [0.2, 0.25) is 0 Å². The number of hydrogen-bond donors (Lipinski definition) is 0. The Morgan fingerprint density at radius 1 is 0.317 bits per heavy atom. The van der Waals surface area contributed by atoms with Crippen LogP contribution in [0.25, 0.3) is 76.5 Å².